The molecule has 0 bridgehead atoms. The number of ketones is 1. The molecule has 2 fully saturated rings. The number of hydrogen-bond donors (Lipinski definition) is 0. The molecule has 2 aliphatic heterocycles. The van der Waals surface area contributed by atoms with Gasteiger partial charge < -0.3 is 14.1 Å². The van der Waals surface area contributed by atoms with Crippen molar-refractivity contribution in [2.24, 2.45) is 11.8 Å². The first-order chi connectivity index (χ1) is 21.6. The Labute approximate surface area is 291 Å². The SMILES string of the molecule is CC(CC(=O)C1CCC(CN2C(=O)C=CC2=O)CC1)c1cc(OCCCC(=O)ON2C(=O)CC(S(=O)(=O)[O-])C2=O)ccc1[N+](=O)[O-].[Na+]. The van der Waals surface area contributed by atoms with E-state index in [1.54, 1.807) is 6.92 Å². The fourth-order valence-electron chi connectivity index (χ4n) is 5.76. The molecule has 248 valence electrons. The molecule has 16 nitrogen and oxygen atoms in total. The number of benzene rings is 1. The monoisotopic (exact) mass is 685 g/mol. The number of carbonyl (C=O) groups is 6. The second-order valence-corrected chi connectivity index (χ2v) is 13.1. The van der Waals surface area contributed by atoms with Crippen LogP contribution >= 0.6 is 0 Å². The Bertz CT molecular complexity index is 1570. The fourth-order valence-corrected chi connectivity index (χ4v) is 6.45. The van der Waals surface area contributed by atoms with Gasteiger partial charge in [-0.25, -0.2) is 13.2 Å². The zero-order valence-corrected chi connectivity index (χ0v) is 28.6. The van der Waals surface area contributed by atoms with Gasteiger partial charge >= 0.3 is 35.5 Å². The molecule has 2 unspecified atom stereocenters. The van der Waals surface area contributed by atoms with Crippen LogP contribution in [0.4, 0.5) is 5.69 Å². The predicted molar refractivity (Wildman–Crippen MR) is 153 cm³/mol. The second kappa shape index (κ2) is 16.1. The van der Waals surface area contributed by atoms with E-state index in [-0.39, 0.29) is 107 Å². The molecule has 1 aromatic rings. The van der Waals surface area contributed by atoms with Crippen LogP contribution < -0.4 is 34.3 Å². The molecule has 4 amide bonds. The Hall–Kier alpha value is -3.51. The Balaban J connectivity index is 0.00000600. The van der Waals surface area contributed by atoms with Crippen molar-refractivity contribution in [3.05, 3.63) is 46.0 Å². The van der Waals surface area contributed by atoms with E-state index in [1.807, 2.05) is 0 Å². The fraction of sp³-hybridized carbons (Fsp3) is 0.517. The van der Waals surface area contributed by atoms with Gasteiger partial charge in [-0.05, 0) is 56.1 Å². The van der Waals surface area contributed by atoms with Crippen LogP contribution in [0.25, 0.3) is 0 Å². The number of ether oxygens (including phenoxy) is 1. The quantitative estimate of drug-likeness (QED) is 0.0554. The summed E-state index contributed by atoms with van der Waals surface area (Å²) in [5.41, 5.74) is 0.100. The summed E-state index contributed by atoms with van der Waals surface area (Å²) >= 11 is 0. The molecule has 3 aliphatic rings. The standard InChI is InChI=1S/C29H33N3O13S.Na/c1-17(13-23(33)19-6-4-18(5-7-19)16-30-25(34)10-11-26(30)35)21-14-20(8-9-22(21)32(39)40)44-12-2-3-28(37)45-31-27(36)15-24(29(31)38)46(41,42)43;/h8-11,14,17-19,24H,2-7,12-13,15-16H2,1H3,(H,41,42,43);/q;+1/p-1. The van der Waals surface area contributed by atoms with Gasteiger partial charge in [0, 0.05) is 42.7 Å². The van der Waals surface area contributed by atoms with Crippen molar-refractivity contribution >= 4 is 51.2 Å². The van der Waals surface area contributed by atoms with Gasteiger partial charge in [0.05, 0.1) is 24.4 Å². The van der Waals surface area contributed by atoms with Gasteiger partial charge in [0.25, 0.3) is 29.3 Å². The topological polar surface area (TPSA) is 228 Å². The van der Waals surface area contributed by atoms with Gasteiger partial charge in [0.15, 0.2) is 0 Å². The molecule has 4 rings (SSSR count). The van der Waals surface area contributed by atoms with Gasteiger partial charge in [-0.3, -0.25) is 39.0 Å². The zero-order valence-electron chi connectivity index (χ0n) is 25.8. The largest absolute Gasteiger partial charge is 1.00 e. The first-order valence-corrected chi connectivity index (χ1v) is 16.1. The number of nitro groups is 1. The molecule has 0 aromatic heterocycles. The summed E-state index contributed by atoms with van der Waals surface area (Å²) in [7, 11) is -5.10. The summed E-state index contributed by atoms with van der Waals surface area (Å²) < 4.78 is 38.9. The summed E-state index contributed by atoms with van der Waals surface area (Å²) in [6.45, 7) is 1.94. The van der Waals surface area contributed by atoms with Gasteiger partial charge in [-0.15, -0.1) is 5.06 Å². The smallest absolute Gasteiger partial charge is 0.747 e. The zero-order chi connectivity index (χ0) is 33.8. The maximum atomic E-state index is 13.1. The molecule has 18 heteroatoms. The molecule has 1 saturated heterocycles. The van der Waals surface area contributed by atoms with E-state index in [2.05, 4.69) is 4.84 Å². The normalized spacial score (nSPS) is 21.9. The van der Waals surface area contributed by atoms with Crippen LogP contribution in [0, 0.1) is 22.0 Å². The van der Waals surface area contributed by atoms with Crippen LogP contribution in [0.15, 0.2) is 30.4 Å². The van der Waals surface area contributed by atoms with Crippen molar-refractivity contribution in [2.75, 3.05) is 13.2 Å². The second-order valence-electron chi connectivity index (χ2n) is 11.5. The van der Waals surface area contributed by atoms with E-state index < -0.39 is 50.4 Å². The van der Waals surface area contributed by atoms with Crippen LogP contribution in [0.3, 0.4) is 0 Å². The Morgan fingerprint density at radius 2 is 1.70 bits per heavy atom. The first kappa shape index (κ1) is 37.9. The van der Waals surface area contributed by atoms with Crippen molar-refractivity contribution in [3.8, 4) is 5.75 Å². The molecular formula is C29H32N3NaO13S. The van der Waals surface area contributed by atoms with Crippen LogP contribution in [-0.2, 0) is 43.7 Å². The molecule has 1 saturated carbocycles. The number of nitro benzene ring substituents is 1. The molecule has 1 aliphatic carbocycles. The summed E-state index contributed by atoms with van der Waals surface area (Å²) in [4.78, 5) is 89.7. The Kier molecular flexibility index (Phi) is 13.0. The van der Waals surface area contributed by atoms with Crippen molar-refractivity contribution in [1.82, 2.24) is 9.96 Å². The number of imide groups is 2. The van der Waals surface area contributed by atoms with Gasteiger partial charge in [-0.1, -0.05) is 6.92 Å². The van der Waals surface area contributed by atoms with Crippen LogP contribution in [0.2, 0.25) is 0 Å². The van der Waals surface area contributed by atoms with Crippen LogP contribution in [-0.4, -0.2) is 81.6 Å². The number of amides is 4. The third kappa shape index (κ3) is 9.53. The van der Waals surface area contributed by atoms with Crippen LogP contribution in [0.5, 0.6) is 5.75 Å². The summed E-state index contributed by atoms with van der Waals surface area (Å²) in [6, 6.07) is 4.08. The average molecular weight is 686 g/mol. The number of nitrogens with zero attached hydrogens (tertiary/aromatic N) is 3. The number of Topliss-reactive ketones (excluding diaryl/α,β-unsaturated/α-hetero) is 1. The molecule has 0 spiro atoms. The van der Waals surface area contributed by atoms with E-state index in [0.717, 1.165) is 0 Å². The summed E-state index contributed by atoms with van der Waals surface area (Å²) in [5.74, 6) is -4.74. The predicted octanol–water partition coefficient (Wildman–Crippen LogP) is -1.32. The third-order valence-corrected chi connectivity index (χ3v) is 9.34. The minimum atomic E-state index is -5.10. The molecule has 0 radical (unpaired) electrons. The average Bonchev–Trinajstić information content (AvgIpc) is 3.47. The van der Waals surface area contributed by atoms with Crippen molar-refractivity contribution in [1.29, 1.82) is 0 Å². The molecule has 2 heterocycles. The summed E-state index contributed by atoms with van der Waals surface area (Å²) in [6.07, 6.45) is 3.82. The third-order valence-electron chi connectivity index (χ3n) is 8.28. The number of hydrogen-bond acceptors (Lipinski definition) is 13. The van der Waals surface area contributed by atoms with Crippen molar-refractivity contribution < 1.29 is 85.8 Å². The van der Waals surface area contributed by atoms with E-state index in [1.165, 1.54) is 35.3 Å². The maximum absolute atomic E-state index is 13.1. The van der Waals surface area contributed by atoms with E-state index in [9.17, 15) is 51.9 Å². The minimum absolute atomic E-state index is 0. The van der Waals surface area contributed by atoms with E-state index in [4.69, 9.17) is 4.74 Å². The minimum Gasteiger partial charge on any atom is -0.747 e. The number of hydroxylamine groups is 2. The van der Waals surface area contributed by atoms with Gasteiger partial charge in [0.1, 0.15) is 26.9 Å². The number of rotatable bonds is 14. The molecule has 2 atom stereocenters. The van der Waals surface area contributed by atoms with Crippen LogP contribution in [0.1, 0.15) is 69.8 Å². The first-order valence-electron chi connectivity index (χ1n) is 14.6. The summed E-state index contributed by atoms with van der Waals surface area (Å²) in [5, 5.41) is 9.54. The van der Waals surface area contributed by atoms with Crippen molar-refractivity contribution in [2.45, 2.75) is 69.5 Å². The Morgan fingerprint density at radius 3 is 2.28 bits per heavy atom. The van der Waals surface area contributed by atoms with Gasteiger partial charge in [-0.2, -0.15) is 0 Å². The van der Waals surface area contributed by atoms with E-state index in [0.29, 0.717) is 32.2 Å². The maximum Gasteiger partial charge on any atom is 1.00 e. The molecule has 0 N–H and O–H groups in total. The molecule has 47 heavy (non-hydrogen) atoms. The molecule has 1 aromatic carbocycles. The Morgan fingerprint density at radius 1 is 1.06 bits per heavy atom. The molecular weight excluding hydrogens is 653 g/mol. The number of carbonyl (C=O) groups excluding carboxylic acids is 6. The van der Waals surface area contributed by atoms with Crippen molar-refractivity contribution in [3.63, 3.8) is 0 Å². The van der Waals surface area contributed by atoms with Gasteiger partial charge in [0.2, 0.25) is 0 Å². The van der Waals surface area contributed by atoms with E-state index >= 15 is 0 Å².